The number of anilines is 1. The van der Waals surface area contributed by atoms with Crippen LogP contribution in [0.3, 0.4) is 0 Å². The fourth-order valence-electron chi connectivity index (χ4n) is 3.86. The van der Waals surface area contributed by atoms with Crippen LogP contribution in [0, 0.1) is 17.2 Å². The van der Waals surface area contributed by atoms with E-state index in [1.807, 2.05) is 36.6 Å². The second-order valence-corrected chi connectivity index (χ2v) is 8.45. The first-order valence-corrected chi connectivity index (χ1v) is 11.9. The third kappa shape index (κ3) is 5.87. The van der Waals surface area contributed by atoms with Crippen molar-refractivity contribution in [3.05, 3.63) is 35.2 Å². The molecule has 0 spiro atoms. The minimum absolute atomic E-state index is 0.0997. The average Bonchev–Trinajstić information content (AvgIpc) is 3.22. The maximum atomic E-state index is 13.0. The molecule has 1 fully saturated rings. The molecule has 1 N–H and O–H groups in total. The van der Waals surface area contributed by atoms with E-state index in [9.17, 15) is 9.59 Å². The van der Waals surface area contributed by atoms with Gasteiger partial charge >= 0.3 is 5.97 Å². The molecule has 0 radical (unpaired) electrons. The van der Waals surface area contributed by atoms with Crippen molar-refractivity contribution in [1.82, 2.24) is 4.90 Å². The van der Waals surface area contributed by atoms with Crippen molar-refractivity contribution in [3.8, 4) is 22.9 Å². The summed E-state index contributed by atoms with van der Waals surface area (Å²) in [6.07, 6.45) is 2.16. The number of ether oxygens (including phenoxy) is 2. The van der Waals surface area contributed by atoms with Gasteiger partial charge in [-0.25, -0.2) is 4.79 Å². The lowest BCUT2D eigenvalue weighted by atomic mass is 9.97. The highest BCUT2D eigenvalue weighted by atomic mass is 32.1. The van der Waals surface area contributed by atoms with Crippen LogP contribution in [0.2, 0.25) is 0 Å². The summed E-state index contributed by atoms with van der Waals surface area (Å²) in [5.41, 5.74) is 1.96. The second-order valence-electron chi connectivity index (χ2n) is 7.57. The van der Waals surface area contributed by atoms with Crippen LogP contribution in [0.25, 0.3) is 11.1 Å². The topological polar surface area (TPSA) is 91.7 Å². The zero-order valence-electron chi connectivity index (χ0n) is 18.6. The van der Waals surface area contributed by atoms with E-state index in [1.165, 1.54) is 11.3 Å². The highest BCUT2D eigenvalue weighted by Crippen LogP contribution is 2.37. The number of carbonyl (C=O) groups excluding carboxylic acids is 2. The Kier molecular flexibility index (Phi) is 8.65. The molecule has 1 aromatic carbocycles. The molecular formula is C24H29N3O4S. The van der Waals surface area contributed by atoms with Gasteiger partial charge in [0.2, 0.25) is 5.91 Å². The van der Waals surface area contributed by atoms with Crippen LogP contribution in [0.5, 0.6) is 5.75 Å². The number of thiophene rings is 1. The number of hydrogen-bond acceptors (Lipinski definition) is 7. The van der Waals surface area contributed by atoms with Crippen molar-refractivity contribution in [3.63, 3.8) is 0 Å². The summed E-state index contributed by atoms with van der Waals surface area (Å²) in [5.74, 6) is 0.0361. The molecular weight excluding hydrogens is 426 g/mol. The summed E-state index contributed by atoms with van der Waals surface area (Å²) in [7, 11) is 0. The van der Waals surface area contributed by atoms with Crippen LogP contribution < -0.4 is 10.1 Å². The summed E-state index contributed by atoms with van der Waals surface area (Å²) in [6.45, 7) is 6.72. The van der Waals surface area contributed by atoms with Crippen molar-refractivity contribution >= 4 is 28.2 Å². The highest BCUT2D eigenvalue weighted by Gasteiger charge is 2.28. The number of likely N-dealkylation sites (tertiary alicyclic amines) is 1. The first kappa shape index (κ1) is 23.8. The second kappa shape index (κ2) is 11.7. The fraction of sp³-hybridized carbons (Fsp3) is 0.458. The molecule has 8 heteroatoms. The van der Waals surface area contributed by atoms with E-state index >= 15 is 0 Å². The maximum absolute atomic E-state index is 13.0. The van der Waals surface area contributed by atoms with E-state index in [0.29, 0.717) is 36.7 Å². The normalized spacial score (nSPS) is 16.2. The van der Waals surface area contributed by atoms with E-state index in [-0.39, 0.29) is 18.4 Å². The molecule has 1 aromatic heterocycles. The molecule has 0 bridgehead atoms. The van der Waals surface area contributed by atoms with Gasteiger partial charge in [-0.05, 0) is 50.9 Å². The number of carbonyl (C=O) groups is 2. The predicted octanol–water partition coefficient (Wildman–Crippen LogP) is 4.55. The summed E-state index contributed by atoms with van der Waals surface area (Å²) >= 11 is 1.33. The van der Waals surface area contributed by atoms with Crippen LogP contribution in [0.1, 0.15) is 43.5 Å². The number of amides is 1. The number of esters is 1. The van der Waals surface area contributed by atoms with Gasteiger partial charge in [0, 0.05) is 30.5 Å². The van der Waals surface area contributed by atoms with Gasteiger partial charge in [0.15, 0.2) is 0 Å². The Morgan fingerprint density at radius 3 is 2.72 bits per heavy atom. The van der Waals surface area contributed by atoms with E-state index in [1.54, 1.807) is 6.92 Å². The fourth-order valence-corrected chi connectivity index (χ4v) is 4.82. The van der Waals surface area contributed by atoms with Gasteiger partial charge in [0.1, 0.15) is 16.3 Å². The Hall–Kier alpha value is -2.89. The summed E-state index contributed by atoms with van der Waals surface area (Å²) < 4.78 is 10.8. The predicted molar refractivity (Wildman–Crippen MR) is 125 cm³/mol. The minimum atomic E-state index is -0.452. The Morgan fingerprint density at radius 1 is 1.25 bits per heavy atom. The molecule has 0 saturated carbocycles. The van der Waals surface area contributed by atoms with E-state index in [2.05, 4.69) is 16.3 Å². The first-order valence-electron chi connectivity index (χ1n) is 11.0. The van der Waals surface area contributed by atoms with Crippen LogP contribution in [-0.4, -0.2) is 49.6 Å². The molecule has 32 heavy (non-hydrogen) atoms. The summed E-state index contributed by atoms with van der Waals surface area (Å²) in [6, 6.07) is 9.68. The maximum Gasteiger partial charge on any atom is 0.341 e. The summed E-state index contributed by atoms with van der Waals surface area (Å²) in [5, 5.41) is 14.2. The molecule has 2 heterocycles. The van der Waals surface area contributed by atoms with E-state index in [0.717, 1.165) is 36.3 Å². The zero-order valence-corrected chi connectivity index (χ0v) is 19.4. The van der Waals surface area contributed by atoms with Crippen molar-refractivity contribution < 1.29 is 19.1 Å². The van der Waals surface area contributed by atoms with Crippen molar-refractivity contribution in [2.24, 2.45) is 5.92 Å². The van der Waals surface area contributed by atoms with Gasteiger partial charge in [-0.15, -0.1) is 11.3 Å². The molecule has 1 saturated heterocycles. The van der Waals surface area contributed by atoms with Crippen molar-refractivity contribution in [2.45, 2.75) is 33.1 Å². The molecule has 1 aliphatic heterocycles. The van der Waals surface area contributed by atoms with Gasteiger partial charge < -0.3 is 19.7 Å². The monoisotopic (exact) mass is 455 g/mol. The number of rotatable bonds is 9. The SMILES string of the molecule is CCOC(=O)c1c(-c2ccc(OCC)cc2)csc1NC(=O)C1CCCN(CCC#N)C1. The summed E-state index contributed by atoms with van der Waals surface area (Å²) in [4.78, 5) is 28.0. The van der Waals surface area contributed by atoms with Gasteiger partial charge in [-0.2, -0.15) is 5.26 Å². The molecule has 1 atom stereocenters. The number of piperidine rings is 1. The van der Waals surface area contributed by atoms with Gasteiger partial charge in [0.25, 0.3) is 0 Å². The number of nitrogens with zero attached hydrogens (tertiary/aromatic N) is 2. The molecule has 3 rings (SSSR count). The van der Waals surface area contributed by atoms with Crippen LogP contribution >= 0.6 is 11.3 Å². The van der Waals surface area contributed by atoms with Gasteiger partial charge in [0.05, 0.1) is 25.2 Å². The standard InChI is InChI=1S/C24H29N3O4S/c1-3-30-19-10-8-17(9-11-19)20-16-32-23(21(20)24(29)31-4-2)26-22(28)18-7-5-13-27(15-18)14-6-12-25/h8-11,16,18H,3-7,13-15H2,1-2H3,(H,26,28). The third-order valence-electron chi connectivity index (χ3n) is 5.40. The van der Waals surface area contributed by atoms with Crippen LogP contribution in [0.15, 0.2) is 29.6 Å². The lowest BCUT2D eigenvalue weighted by molar-refractivity contribution is -0.121. The smallest absolute Gasteiger partial charge is 0.341 e. The minimum Gasteiger partial charge on any atom is -0.494 e. The zero-order chi connectivity index (χ0) is 22.9. The molecule has 1 aliphatic rings. The largest absolute Gasteiger partial charge is 0.494 e. The number of benzene rings is 1. The van der Waals surface area contributed by atoms with Crippen LogP contribution in [-0.2, 0) is 9.53 Å². The Morgan fingerprint density at radius 2 is 2.03 bits per heavy atom. The number of nitriles is 1. The lowest BCUT2D eigenvalue weighted by Crippen LogP contribution is -2.41. The lowest BCUT2D eigenvalue weighted by Gasteiger charge is -2.31. The van der Waals surface area contributed by atoms with E-state index in [4.69, 9.17) is 14.7 Å². The molecule has 170 valence electrons. The van der Waals surface area contributed by atoms with E-state index < -0.39 is 5.97 Å². The molecule has 1 amide bonds. The molecule has 7 nitrogen and oxygen atoms in total. The third-order valence-corrected chi connectivity index (χ3v) is 6.30. The van der Waals surface area contributed by atoms with Gasteiger partial charge in [-0.3, -0.25) is 4.79 Å². The Labute approximate surface area is 192 Å². The number of nitrogens with one attached hydrogen (secondary N) is 1. The molecule has 2 aromatic rings. The quantitative estimate of drug-likeness (QED) is 0.558. The molecule has 0 aliphatic carbocycles. The highest BCUT2D eigenvalue weighted by molar-refractivity contribution is 7.15. The first-order chi connectivity index (χ1) is 15.6. The van der Waals surface area contributed by atoms with Crippen molar-refractivity contribution in [2.75, 3.05) is 38.2 Å². The number of hydrogen-bond donors (Lipinski definition) is 1. The van der Waals surface area contributed by atoms with Gasteiger partial charge in [-0.1, -0.05) is 12.1 Å². The Bertz CT molecular complexity index is 965. The average molecular weight is 456 g/mol. The van der Waals surface area contributed by atoms with Crippen LogP contribution in [0.4, 0.5) is 5.00 Å². The van der Waals surface area contributed by atoms with Crippen molar-refractivity contribution in [1.29, 1.82) is 5.26 Å². The Balaban J connectivity index is 1.81. The molecule has 1 unspecified atom stereocenters.